The molecule has 0 spiro atoms. The summed E-state index contributed by atoms with van der Waals surface area (Å²) in [6, 6.07) is -0.0168. The highest BCUT2D eigenvalue weighted by Gasteiger charge is 2.18. The second-order valence-electron chi connectivity index (χ2n) is 3.32. The zero-order valence-electron chi connectivity index (χ0n) is 7.55. The van der Waals surface area contributed by atoms with Crippen molar-refractivity contribution in [3.8, 4) is 0 Å². The zero-order chi connectivity index (χ0) is 8.97. The van der Waals surface area contributed by atoms with Gasteiger partial charge in [-0.05, 0) is 25.0 Å². The van der Waals surface area contributed by atoms with Crippen LogP contribution in [-0.2, 0) is 0 Å². The molecule has 1 fully saturated rings. The fourth-order valence-electron chi connectivity index (χ4n) is 1.39. The van der Waals surface area contributed by atoms with Gasteiger partial charge in [-0.1, -0.05) is 13.5 Å². The smallest absolute Gasteiger partial charge is 0.321 e. The molecular formula is C9H16N2O. The van der Waals surface area contributed by atoms with Crippen molar-refractivity contribution < 1.29 is 4.79 Å². The first kappa shape index (κ1) is 9.10. The van der Waals surface area contributed by atoms with Gasteiger partial charge >= 0.3 is 6.03 Å². The zero-order valence-corrected chi connectivity index (χ0v) is 7.55. The molecule has 0 aromatic rings. The Kier molecular flexibility index (Phi) is 3.14. The molecule has 1 saturated heterocycles. The summed E-state index contributed by atoms with van der Waals surface area (Å²) in [6.07, 6.45) is 3.66. The van der Waals surface area contributed by atoms with E-state index in [9.17, 15) is 4.79 Å². The molecule has 12 heavy (non-hydrogen) atoms. The maximum Gasteiger partial charge on any atom is 0.321 e. The van der Waals surface area contributed by atoms with Crippen LogP contribution in [0.3, 0.4) is 0 Å². The van der Waals surface area contributed by atoms with E-state index in [1.54, 1.807) is 0 Å². The first-order chi connectivity index (χ1) is 5.74. The number of nitrogens with zero attached hydrogens (tertiary/aromatic N) is 1. The van der Waals surface area contributed by atoms with E-state index in [4.69, 9.17) is 0 Å². The van der Waals surface area contributed by atoms with Gasteiger partial charge in [0.1, 0.15) is 0 Å². The van der Waals surface area contributed by atoms with Crippen LogP contribution in [0.5, 0.6) is 0 Å². The first-order valence-electron chi connectivity index (χ1n) is 4.40. The summed E-state index contributed by atoms with van der Waals surface area (Å²) >= 11 is 0. The third-order valence-electron chi connectivity index (χ3n) is 2.30. The number of urea groups is 1. The molecule has 0 aliphatic carbocycles. The summed E-state index contributed by atoms with van der Waals surface area (Å²) in [5, 5.41) is 2.58. The topological polar surface area (TPSA) is 32.3 Å². The van der Waals surface area contributed by atoms with Gasteiger partial charge in [0.05, 0.1) is 0 Å². The SMILES string of the molecule is C=CNC(=O)N1CCC(C)CC1. The molecule has 1 N–H and O–H groups in total. The normalized spacial score (nSPS) is 18.9. The number of nitrogens with one attached hydrogen (secondary N) is 1. The molecular weight excluding hydrogens is 152 g/mol. The predicted molar refractivity (Wildman–Crippen MR) is 48.7 cm³/mol. The van der Waals surface area contributed by atoms with Crippen molar-refractivity contribution in [3.63, 3.8) is 0 Å². The average Bonchev–Trinajstić information content (AvgIpc) is 2.06. The van der Waals surface area contributed by atoms with Crippen LogP contribution in [0, 0.1) is 5.92 Å². The van der Waals surface area contributed by atoms with Gasteiger partial charge in [-0.25, -0.2) is 4.79 Å². The van der Waals surface area contributed by atoms with Crippen LogP contribution in [0.4, 0.5) is 4.79 Å². The Balaban J connectivity index is 2.33. The van der Waals surface area contributed by atoms with Gasteiger partial charge in [-0.2, -0.15) is 0 Å². The van der Waals surface area contributed by atoms with Crippen LogP contribution in [0.1, 0.15) is 19.8 Å². The summed E-state index contributed by atoms with van der Waals surface area (Å²) in [7, 11) is 0. The van der Waals surface area contributed by atoms with E-state index in [0.29, 0.717) is 0 Å². The second-order valence-corrected chi connectivity index (χ2v) is 3.32. The van der Waals surface area contributed by atoms with Crippen molar-refractivity contribution in [1.82, 2.24) is 10.2 Å². The van der Waals surface area contributed by atoms with Crippen molar-refractivity contribution in [3.05, 3.63) is 12.8 Å². The van der Waals surface area contributed by atoms with Gasteiger partial charge in [0.25, 0.3) is 0 Å². The Morgan fingerprint density at radius 2 is 2.17 bits per heavy atom. The Bertz CT molecular complexity index is 171. The second kappa shape index (κ2) is 4.14. The quantitative estimate of drug-likeness (QED) is 0.633. The number of amides is 2. The molecule has 0 unspecified atom stereocenters. The fourth-order valence-corrected chi connectivity index (χ4v) is 1.39. The molecule has 0 atom stereocenters. The third kappa shape index (κ3) is 2.26. The van der Waals surface area contributed by atoms with E-state index >= 15 is 0 Å². The number of piperidine rings is 1. The minimum Gasteiger partial charge on any atom is -0.325 e. The van der Waals surface area contributed by atoms with E-state index in [0.717, 1.165) is 31.8 Å². The monoisotopic (exact) mass is 168 g/mol. The van der Waals surface area contributed by atoms with Crippen LogP contribution < -0.4 is 5.32 Å². The molecule has 0 radical (unpaired) electrons. The molecule has 1 heterocycles. The Hall–Kier alpha value is -0.990. The minimum atomic E-state index is -0.0168. The van der Waals surface area contributed by atoms with Crippen LogP contribution in [0.2, 0.25) is 0 Å². The summed E-state index contributed by atoms with van der Waals surface area (Å²) in [5.74, 6) is 0.762. The number of hydrogen-bond donors (Lipinski definition) is 1. The summed E-state index contributed by atoms with van der Waals surface area (Å²) in [4.78, 5) is 13.1. The molecule has 1 rings (SSSR count). The summed E-state index contributed by atoms with van der Waals surface area (Å²) in [6.45, 7) is 7.43. The molecule has 0 saturated carbocycles. The molecule has 0 bridgehead atoms. The highest BCUT2D eigenvalue weighted by Crippen LogP contribution is 2.15. The Labute approximate surface area is 73.4 Å². The van der Waals surface area contributed by atoms with Crippen LogP contribution in [-0.4, -0.2) is 24.0 Å². The maximum absolute atomic E-state index is 11.2. The summed E-state index contributed by atoms with van der Waals surface area (Å²) < 4.78 is 0. The number of carbonyl (C=O) groups is 1. The summed E-state index contributed by atoms with van der Waals surface area (Å²) in [5.41, 5.74) is 0. The lowest BCUT2D eigenvalue weighted by Crippen LogP contribution is -2.42. The number of carbonyl (C=O) groups excluding carboxylic acids is 1. The van der Waals surface area contributed by atoms with Gasteiger partial charge in [0.2, 0.25) is 0 Å². The van der Waals surface area contributed by atoms with Crippen molar-refractivity contribution in [1.29, 1.82) is 0 Å². The first-order valence-corrected chi connectivity index (χ1v) is 4.40. The van der Waals surface area contributed by atoms with Gasteiger partial charge < -0.3 is 10.2 Å². The molecule has 0 aromatic carbocycles. The molecule has 0 aromatic heterocycles. The van der Waals surface area contributed by atoms with Crippen molar-refractivity contribution >= 4 is 6.03 Å². The number of hydrogen-bond acceptors (Lipinski definition) is 1. The number of rotatable bonds is 1. The minimum absolute atomic E-state index is 0.0168. The van der Waals surface area contributed by atoms with E-state index < -0.39 is 0 Å². The van der Waals surface area contributed by atoms with Gasteiger partial charge in [0.15, 0.2) is 0 Å². The highest BCUT2D eigenvalue weighted by molar-refractivity contribution is 5.75. The number of likely N-dealkylation sites (tertiary alicyclic amines) is 1. The lowest BCUT2D eigenvalue weighted by atomic mass is 10.00. The standard InChI is InChI=1S/C9H16N2O/c1-3-10-9(12)11-6-4-8(2)5-7-11/h3,8H,1,4-7H2,2H3,(H,10,12). The molecule has 1 aliphatic heterocycles. The molecule has 68 valence electrons. The van der Waals surface area contributed by atoms with Gasteiger partial charge in [-0.3, -0.25) is 0 Å². The van der Waals surface area contributed by atoms with Gasteiger partial charge in [0, 0.05) is 13.1 Å². The van der Waals surface area contributed by atoms with Crippen molar-refractivity contribution in [2.45, 2.75) is 19.8 Å². The highest BCUT2D eigenvalue weighted by atomic mass is 16.2. The molecule has 1 aliphatic rings. The third-order valence-corrected chi connectivity index (χ3v) is 2.30. The largest absolute Gasteiger partial charge is 0.325 e. The Morgan fingerprint density at radius 1 is 1.58 bits per heavy atom. The molecule has 3 heteroatoms. The average molecular weight is 168 g/mol. The lowest BCUT2D eigenvalue weighted by molar-refractivity contribution is 0.177. The maximum atomic E-state index is 11.2. The predicted octanol–water partition coefficient (Wildman–Crippen LogP) is 1.57. The van der Waals surface area contributed by atoms with Crippen molar-refractivity contribution in [2.75, 3.05) is 13.1 Å². The van der Waals surface area contributed by atoms with E-state index in [-0.39, 0.29) is 6.03 Å². The van der Waals surface area contributed by atoms with Crippen LogP contribution in [0.25, 0.3) is 0 Å². The molecule has 2 amide bonds. The lowest BCUT2D eigenvalue weighted by Gasteiger charge is -2.29. The van der Waals surface area contributed by atoms with Gasteiger partial charge in [-0.15, -0.1) is 0 Å². The van der Waals surface area contributed by atoms with E-state index in [1.807, 2.05) is 4.90 Å². The Morgan fingerprint density at radius 3 is 2.67 bits per heavy atom. The van der Waals surface area contributed by atoms with Crippen molar-refractivity contribution in [2.24, 2.45) is 5.92 Å². The van der Waals surface area contributed by atoms with E-state index in [1.165, 1.54) is 6.20 Å². The van der Waals surface area contributed by atoms with Crippen LogP contribution >= 0.6 is 0 Å². The van der Waals surface area contributed by atoms with E-state index in [2.05, 4.69) is 18.8 Å². The molecule has 3 nitrogen and oxygen atoms in total. The van der Waals surface area contributed by atoms with Crippen LogP contribution in [0.15, 0.2) is 12.8 Å². The fraction of sp³-hybridized carbons (Fsp3) is 0.667.